The monoisotopic (exact) mass is 619 g/mol. The fourth-order valence-electron chi connectivity index (χ4n) is 3.96. The topological polar surface area (TPSA) is 108 Å². The number of hydrogen-bond donors (Lipinski definition) is 2. The van der Waals surface area contributed by atoms with E-state index in [1.807, 2.05) is 32.0 Å². The molecule has 1 aliphatic heterocycles. The standard InChI is InChI=1S/C25H23Br2N3O4S/c1-4-14-9-17(27)8-13(2)22(14)29-19(31)12-35-24-18(11-28)20(15-6-5-7-16(26)10-15)21(23(32)30-24)25(33)34-3/h5-10,20-21H,4,12H2,1-3H3,(H,29,31)(H,30,32)/t20-,21-/m0/s1. The number of aryl methyl sites for hydroxylation is 2. The van der Waals surface area contributed by atoms with Gasteiger partial charge in [0.25, 0.3) is 0 Å². The summed E-state index contributed by atoms with van der Waals surface area (Å²) >= 11 is 7.93. The molecular weight excluding hydrogens is 598 g/mol. The van der Waals surface area contributed by atoms with Crippen molar-refractivity contribution in [2.24, 2.45) is 5.92 Å². The normalized spacial score (nSPS) is 17.4. The Balaban J connectivity index is 1.91. The summed E-state index contributed by atoms with van der Waals surface area (Å²) in [6.45, 7) is 3.92. The van der Waals surface area contributed by atoms with Crippen molar-refractivity contribution in [3.63, 3.8) is 0 Å². The van der Waals surface area contributed by atoms with Gasteiger partial charge in [-0.05, 0) is 54.3 Å². The molecule has 35 heavy (non-hydrogen) atoms. The first-order chi connectivity index (χ1) is 16.7. The van der Waals surface area contributed by atoms with Crippen molar-refractivity contribution < 1.29 is 19.1 Å². The number of anilines is 1. The Labute approximate surface area is 224 Å². The summed E-state index contributed by atoms with van der Waals surface area (Å²) in [5, 5.41) is 15.8. The number of benzene rings is 2. The SMILES string of the molecule is CCc1cc(Br)cc(C)c1NC(=O)CSC1=C(C#N)[C@H](c2cccc(Br)c2)[C@H](C(=O)OC)C(=O)N1. The number of amides is 2. The summed E-state index contributed by atoms with van der Waals surface area (Å²) in [4.78, 5) is 38.3. The molecule has 0 saturated carbocycles. The molecule has 2 aromatic carbocycles. The van der Waals surface area contributed by atoms with Crippen LogP contribution in [0.4, 0.5) is 5.69 Å². The van der Waals surface area contributed by atoms with Gasteiger partial charge in [0.15, 0.2) is 0 Å². The number of nitrogens with zero attached hydrogens (tertiary/aromatic N) is 1. The number of rotatable bonds is 7. The molecule has 0 aliphatic carbocycles. The number of methoxy groups -OCH3 is 1. The third kappa shape index (κ3) is 6.15. The van der Waals surface area contributed by atoms with Gasteiger partial charge < -0.3 is 15.4 Å². The molecule has 0 aromatic heterocycles. The van der Waals surface area contributed by atoms with Crippen LogP contribution in [0.5, 0.6) is 0 Å². The van der Waals surface area contributed by atoms with Crippen LogP contribution in [0.2, 0.25) is 0 Å². The van der Waals surface area contributed by atoms with Crippen LogP contribution in [-0.2, 0) is 25.5 Å². The summed E-state index contributed by atoms with van der Waals surface area (Å²) < 4.78 is 6.54. The molecule has 0 saturated heterocycles. The molecule has 2 N–H and O–H groups in total. The number of hydrogen-bond acceptors (Lipinski definition) is 6. The Morgan fingerprint density at radius 1 is 1.23 bits per heavy atom. The zero-order valence-corrected chi connectivity index (χ0v) is 23.3. The number of halogens is 2. The van der Waals surface area contributed by atoms with Gasteiger partial charge >= 0.3 is 5.97 Å². The van der Waals surface area contributed by atoms with E-state index in [1.54, 1.807) is 18.2 Å². The summed E-state index contributed by atoms with van der Waals surface area (Å²) in [5.41, 5.74) is 3.48. The van der Waals surface area contributed by atoms with Gasteiger partial charge in [-0.25, -0.2) is 0 Å². The second-order valence-corrected chi connectivity index (χ2v) is 10.6. The smallest absolute Gasteiger partial charge is 0.319 e. The summed E-state index contributed by atoms with van der Waals surface area (Å²) in [6.07, 6.45) is 0.742. The van der Waals surface area contributed by atoms with Crippen molar-refractivity contribution >= 4 is 67.1 Å². The fourth-order valence-corrected chi connectivity index (χ4v) is 5.85. The van der Waals surface area contributed by atoms with Crippen LogP contribution in [0.25, 0.3) is 0 Å². The van der Waals surface area contributed by atoms with Crippen LogP contribution in [0, 0.1) is 24.2 Å². The average molecular weight is 621 g/mol. The fraction of sp³-hybridized carbons (Fsp3) is 0.280. The van der Waals surface area contributed by atoms with Gasteiger partial charge in [0.05, 0.1) is 29.5 Å². The molecule has 0 unspecified atom stereocenters. The highest BCUT2D eigenvalue weighted by Gasteiger charge is 2.44. The number of carbonyl (C=O) groups is 3. The Morgan fingerprint density at radius 2 is 1.97 bits per heavy atom. The summed E-state index contributed by atoms with van der Waals surface area (Å²) in [6, 6.07) is 13.1. The molecule has 3 rings (SSSR count). The quantitative estimate of drug-likeness (QED) is 0.326. The number of allylic oxidation sites excluding steroid dienone is 1. The average Bonchev–Trinajstić information content (AvgIpc) is 2.83. The van der Waals surface area contributed by atoms with E-state index in [9.17, 15) is 19.6 Å². The van der Waals surface area contributed by atoms with Crippen LogP contribution in [0.15, 0.2) is 55.9 Å². The number of nitriles is 1. The van der Waals surface area contributed by atoms with Crippen molar-refractivity contribution in [2.75, 3.05) is 18.2 Å². The molecule has 0 spiro atoms. The van der Waals surface area contributed by atoms with Gasteiger partial charge in [-0.15, -0.1) is 0 Å². The van der Waals surface area contributed by atoms with E-state index in [-0.39, 0.29) is 22.3 Å². The van der Waals surface area contributed by atoms with E-state index in [2.05, 4.69) is 48.6 Å². The predicted octanol–water partition coefficient (Wildman–Crippen LogP) is 5.19. The van der Waals surface area contributed by atoms with Crippen LogP contribution < -0.4 is 10.6 Å². The van der Waals surface area contributed by atoms with Crippen LogP contribution in [0.1, 0.15) is 29.5 Å². The third-order valence-electron chi connectivity index (χ3n) is 5.57. The van der Waals surface area contributed by atoms with Gasteiger partial charge in [-0.1, -0.05) is 62.7 Å². The molecule has 0 fully saturated rings. The van der Waals surface area contributed by atoms with Gasteiger partial charge in [-0.3, -0.25) is 14.4 Å². The van der Waals surface area contributed by atoms with E-state index in [4.69, 9.17) is 4.74 Å². The second-order valence-electron chi connectivity index (χ2n) is 7.82. The van der Waals surface area contributed by atoms with Crippen molar-refractivity contribution in [3.8, 4) is 6.07 Å². The van der Waals surface area contributed by atoms with E-state index >= 15 is 0 Å². The predicted molar refractivity (Wildman–Crippen MR) is 143 cm³/mol. The Hall–Kier alpha value is -2.61. The highest BCUT2D eigenvalue weighted by Crippen LogP contribution is 2.40. The first-order valence-corrected chi connectivity index (χ1v) is 13.3. The van der Waals surface area contributed by atoms with Crippen LogP contribution >= 0.6 is 43.6 Å². The molecule has 1 aliphatic rings. The van der Waals surface area contributed by atoms with Gasteiger partial charge in [0.2, 0.25) is 11.8 Å². The van der Waals surface area contributed by atoms with Crippen LogP contribution in [0.3, 0.4) is 0 Å². The minimum absolute atomic E-state index is 0.0342. The molecule has 2 atom stereocenters. The number of carbonyl (C=O) groups excluding carboxylic acids is 3. The molecule has 7 nitrogen and oxygen atoms in total. The highest BCUT2D eigenvalue weighted by atomic mass is 79.9. The van der Waals surface area contributed by atoms with E-state index in [1.165, 1.54) is 7.11 Å². The lowest BCUT2D eigenvalue weighted by Gasteiger charge is -2.31. The van der Waals surface area contributed by atoms with Crippen molar-refractivity contribution in [3.05, 3.63) is 72.6 Å². The number of nitrogens with one attached hydrogen (secondary N) is 2. The van der Waals surface area contributed by atoms with Crippen molar-refractivity contribution in [2.45, 2.75) is 26.2 Å². The van der Waals surface area contributed by atoms with Crippen molar-refractivity contribution in [1.82, 2.24) is 5.32 Å². The first-order valence-electron chi connectivity index (χ1n) is 10.7. The summed E-state index contributed by atoms with van der Waals surface area (Å²) in [5.74, 6) is -3.69. The largest absolute Gasteiger partial charge is 0.468 e. The first kappa shape index (κ1) is 27.0. The number of thioether (sulfide) groups is 1. The molecule has 0 radical (unpaired) electrons. The number of ether oxygens (including phenoxy) is 1. The molecule has 10 heteroatoms. The molecule has 1 heterocycles. The molecular formula is C25H23Br2N3O4S. The number of esters is 1. The minimum atomic E-state index is -1.22. The lowest BCUT2D eigenvalue weighted by molar-refractivity contribution is -0.150. The maximum Gasteiger partial charge on any atom is 0.319 e. The molecule has 2 aromatic rings. The zero-order valence-electron chi connectivity index (χ0n) is 19.3. The highest BCUT2D eigenvalue weighted by molar-refractivity contribution is 9.10. The Morgan fingerprint density at radius 3 is 2.60 bits per heavy atom. The van der Waals surface area contributed by atoms with E-state index in [0.29, 0.717) is 5.56 Å². The zero-order chi connectivity index (χ0) is 25.7. The van der Waals surface area contributed by atoms with E-state index < -0.39 is 23.7 Å². The van der Waals surface area contributed by atoms with Gasteiger partial charge in [0, 0.05) is 20.6 Å². The lowest BCUT2D eigenvalue weighted by atomic mass is 9.78. The third-order valence-corrected chi connectivity index (χ3v) is 7.53. The minimum Gasteiger partial charge on any atom is -0.468 e. The molecule has 0 bridgehead atoms. The Bertz CT molecular complexity index is 1260. The van der Waals surface area contributed by atoms with Gasteiger partial charge in [0.1, 0.15) is 5.92 Å². The second kappa shape index (κ2) is 11.9. The van der Waals surface area contributed by atoms with Crippen molar-refractivity contribution in [1.29, 1.82) is 5.26 Å². The summed E-state index contributed by atoms with van der Waals surface area (Å²) in [7, 11) is 1.20. The maximum atomic E-state index is 12.9. The molecule has 2 amide bonds. The lowest BCUT2D eigenvalue weighted by Crippen LogP contribution is -2.44. The van der Waals surface area contributed by atoms with E-state index in [0.717, 1.165) is 43.9 Å². The van der Waals surface area contributed by atoms with Crippen LogP contribution in [-0.4, -0.2) is 30.6 Å². The maximum absolute atomic E-state index is 12.9. The Kier molecular flexibility index (Phi) is 9.16. The van der Waals surface area contributed by atoms with Gasteiger partial charge in [-0.2, -0.15) is 5.26 Å². The molecule has 182 valence electrons.